The van der Waals surface area contributed by atoms with E-state index in [1.54, 1.807) is 0 Å². The second-order valence-electron chi connectivity index (χ2n) is 0.688. The largest absolute Gasteiger partial charge is 0.121 e. The van der Waals surface area contributed by atoms with Gasteiger partial charge in [0.15, 0.2) is 0 Å². The highest BCUT2D eigenvalue weighted by Gasteiger charge is 1.59. The molecule has 0 fully saturated rings. The molecular weight excluding hydrogens is 99.1 g/mol. The van der Waals surface area contributed by atoms with Crippen molar-refractivity contribution in [3.63, 3.8) is 0 Å². The van der Waals surface area contributed by atoms with Gasteiger partial charge in [-0.2, -0.15) is 0 Å². The molecular formula is C3H3PS. The van der Waals surface area contributed by atoms with E-state index < -0.39 is 0 Å². The summed E-state index contributed by atoms with van der Waals surface area (Å²) in [5.41, 5.74) is 0. The Kier molecular flexibility index (Phi) is 1.02. The Morgan fingerprint density at radius 1 is 1.60 bits per heavy atom. The molecule has 0 amide bonds. The smallest absolute Gasteiger partial charge is 0.00432 e. The average Bonchev–Trinajstić information content (AvgIpc) is 1.76. The minimum atomic E-state index is 1.37. The lowest BCUT2D eigenvalue weighted by atomic mass is 10.8. The maximum absolute atomic E-state index is 2.12. The molecule has 1 heterocycles. The molecule has 0 aliphatic rings. The molecule has 0 aliphatic heterocycles. The third kappa shape index (κ3) is 0.712. The SMILES string of the molecule is c1cpsc1. The van der Waals surface area contributed by atoms with Gasteiger partial charge in [-0.05, 0) is 24.6 Å². The van der Waals surface area contributed by atoms with E-state index in [4.69, 9.17) is 0 Å². The van der Waals surface area contributed by atoms with Crippen LogP contribution >= 0.6 is 18.3 Å². The standard InChI is InChI=1S/C3H3PS/c1-2-4-5-3-1/h1-3H. The Morgan fingerprint density at radius 3 is 2.80 bits per heavy atom. The summed E-state index contributed by atoms with van der Waals surface area (Å²) in [5.74, 6) is 2.12. The van der Waals surface area contributed by atoms with E-state index in [9.17, 15) is 0 Å². The number of hydrogen-bond acceptors (Lipinski definition) is 1. The number of hydrogen-bond donors (Lipinski definition) is 0. The first-order valence-electron chi connectivity index (χ1n) is 1.34. The van der Waals surface area contributed by atoms with E-state index in [-0.39, 0.29) is 0 Å². The zero-order chi connectivity index (χ0) is 3.54. The van der Waals surface area contributed by atoms with E-state index in [0.717, 1.165) is 0 Å². The van der Waals surface area contributed by atoms with E-state index >= 15 is 0 Å². The molecule has 0 aromatic carbocycles. The van der Waals surface area contributed by atoms with Crippen molar-refractivity contribution < 1.29 is 0 Å². The fourth-order valence-corrected chi connectivity index (χ4v) is 1.58. The molecule has 26 valence electrons. The Hall–Kier alpha value is 0.130. The fraction of sp³-hybridized carbons (Fsp3) is 0. The topological polar surface area (TPSA) is 0 Å². The minimum Gasteiger partial charge on any atom is -0.121 e. The Bertz CT molecular complexity index is 63.4. The van der Waals surface area contributed by atoms with Gasteiger partial charge in [0, 0.05) is 0 Å². The highest BCUT2D eigenvalue weighted by molar-refractivity contribution is 7.79. The molecule has 0 saturated heterocycles. The molecule has 0 aliphatic carbocycles. The first kappa shape index (κ1) is 3.32. The molecule has 2 heteroatoms. The quantitative estimate of drug-likeness (QED) is 0.471. The molecule has 0 spiro atoms. The van der Waals surface area contributed by atoms with Gasteiger partial charge in [0.25, 0.3) is 0 Å². The molecule has 0 bridgehead atoms. The third-order valence-corrected chi connectivity index (χ3v) is 2.14. The van der Waals surface area contributed by atoms with Crippen LogP contribution in [0.3, 0.4) is 0 Å². The predicted molar refractivity (Wildman–Crippen MR) is 26.8 cm³/mol. The monoisotopic (exact) mass is 102 g/mol. The molecule has 1 rings (SSSR count). The molecule has 0 radical (unpaired) electrons. The normalized spacial score (nSPS) is 9.60. The van der Waals surface area contributed by atoms with Crippen molar-refractivity contribution in [1.82, 2.24) is 0 Å². The first-order chi connectivity index (χ1) is 2.50. The molecule has 1 aromatic rings. The second-order valence-corrected chi connectivity index (χ2v) is 2.95. The van der Waals surface area contributed by atoms with Crippen molar-refractivity contribution in [3.8, 4) is 0 Å². The maximum atomic E-state index is 2.12. The van der Waals surface area contributed by atoms with Crippen molar-refractivity contribution in [3.05, 3.63) is 17.2 Å². The van der Waals surface area contributed by atoms with Gasteiger partial charge in [0.1, 0.15) is 0 Å². The second kappa shape index (κ2) is 1.54. The molecule has 0 nitrogen and oxygen atoms in total. The third-order valence-electron chi connectivity index (χ3n) is 0.347. The molecule has 0 unspecified atom stereocenters. The minimum absolute atomic E-state index is 1.37. The van der Waals surface area contributed by atoms with Crippen molar-refractivity contribution in [2.45, 2.75) is 0 Å². The van der Waals surface area contributed by atoms with Gasteiger partial charge in [-0.15, -0.1) is 10.9 Å². The van der Waals surface area contributed by atoms with Gasteiger partial charge in [-0.3, -0.25) is 0 Å². The summed E-state index contributed by atoms with van der Waals surface area (Å²) < 4.78 is 0. The summed E-state index contributed by atoms with van der Waals surface area (Å²) >= 11 is 0. The van der Waals surface area contributed by atoms with Crippen LogP contribution in [0.15, 0.2) is 17.2 Å². The summed E-state index contributed by atoms with van der Waals surface area (Å²) in [4.78, 5) is 0. The summed E-state index contributed by atoms with van der Waals surface area (Å²) in [7, 11) is 3.18. The highest BCUT2D eigenvalue weighted by atomic mass is 32.5. The van der Waals surface area contributed by atoms with Crippen LogP contribution in [0.2, 0.25) is 0 Å². The Balaban J connectivity index is 3.13. The van der Waals surface area contributed by atoms with Crippen LogP contribution in [0, 0.1) is 0 Å². The van der Waals surface area contributed by atoms with Gasteiger partial charge < -0.3 is 0 Å². The van der Waals surface area contributed by atoms with Crippen LogP contribution < -0.4 is 0 Å². The van der Waals surface area contributed by atoms with Crippen LogP contribution in [-0.2, 0) is 0 Å². The van der Waals surface area contributed by atoms with Gasteiger partial charge in [0.2, 0.25) is 0 Å². The highest BCUT2D eigenvalue weighted by Crippen LogP contribution is 2.10. The zero-order valence-corrected chi connectivity index (χ0v) is 4.30. The summed E-state index contributed by atoms with van der Waals surface area (Å²) in [6, 6.07) is 2.06. The average molecular weight is 102 g/mol. The number of rotatable bonds is 0. The van der Waals surface area contributed by atoms with E-state index in [2.05, 4.69) is 17.2 Å². The lowest BCUT2D eigenvalue weighted by Gasteiger charge is -1.38. The van der Waals surface area contributed by atoms with E-state index in [1.807, 2.05) is 10.9 Å². The molecule has 0 N–H and O–H groups in total. The Labute approximate surface area is 36.3 Å². The zero-order valence-electron chi connectivity index (χ0n) is 2.59. The predicted octanol–water partition coefficient (Wildman–Crippen LogP) is 2.33. The van der Waals surface area contributed by atoms with Crippen LogP contribution in [-0.4, -0.2) is 0 Å². The van der Waals surface area contributed by atoms with Gasteiger partial charge in [0.05, 0.1) is 0 Å². The summed E-state index contributed by atoms with van der Waals surface area (Å²) in [6.07, 6.45) is 0. The van der Waals surface area contributed by atoms with Crippen molar-refractivity contribution in [2.24, 2.45) is 0 Å². The van der Waals surface area contributed by atoms with Crippen LogP contribution in [0.4, 0.5) is 0 Å². The van der Waals surface area contributed by atoms with Gasteiger partial charge >= 0.3 is 0 Å². The maximum Gasteiger partial charge on any atom is -0.00432 e. The summed E-state index contributed by atoms with van der Waals surface area (Å²) in [6.45, 7) is 0. The van der Waals surface area contributed by atoms with Crippen LogP contribution in [0.1, 0.15) is 0 Å². The Morgan fingerprint density at radius 2 is 2.60 bits per heavy atom. The molecule has 5 heavy (non-hydrogen) atoms. The van der Waals surface area contributed by atoms with Crippen LogP contribution in [0.25, 0.3) is 0 Å². The molecule has 0 saturated carbocycles. The molecule has 0 atom stereocenters. The van der Waals surface area contributed by atoms with E-state index in [1.165, 1.54) is 7.37 Å². The molecule has 1 aromatic heterocycles. The van der Waals surface area contributed by atoms with Gasteiger partial charge in [-0.25, -0.2) is 0 Å². The van der Waals surface area contributed by atoms with Crippen molar-refractivity contribution in [2.75, 3.05) is 0 Å². The van der Waals surface area contributed by atoms with Crippen molar-refractivity contribution >= 4 is 18.3 Å². The van der Waals surface area contributed by atoms with Crippen molar-refractivity contribution in [1.29, 1.82) is 0 Å². The van der Waals surface area contributed by atoms with E-state index in [0.29, 0.717) is 0 Å². The lowest BCUT2D eigenvalue weighted by molar-refractivity contribution is 2.13. The fourth-order valence-electron chi connectivity index (χ4n) is 0.176. The van der Waals surface area contributed by atoms with Gasteiger partial charge in [-0.1, -0.05) is 0 Å². The summed E-state index contributed by atoms with van der Waals surface area (Å²) in [5, 5.41) is 2.08. The lowest BCUT2D eigenvalue weighted by Crippen LogP contribution is -1.13. The first-order valence-corrected chi connectivity index (χ1v) is 3.79. The van der Waals surface area contributed by atoms with Crippen LogP contribution in [0.5, 0.6) is 0 Å².